The highest BCUT2D eigenvalue weighted by molar-refractivity contribution is 6.30. The number of ether oxygens (including phenoxy) is 2. The lowest BCUT2D eigenvalue weighted by Gasteiger charge is -2.23. The summed E-state index contributed by atoms with van der Waals surface area (Å²) in [6.45, 7) is 2.79. The Hall–Kier alpha value is -5.05. The van der Waals surface area contributed by atoms with Crippen LogP contribution in [0, 0.1) is 10.1 Å². The van der Waals surface area contributed by atoms with Crippen molar-refractivity contribution in [2.24, 2.45) is 0 Å². The van der Waals surface area contributed by atoms with E-state index >= 15 is 0 Å². The number of nitrogens with zero attached hydrogens (tertiary/aromatic N) is 7. The third kappa shape index (κ3) is 8.64. The zero-order valence-corrected chi connectivity index (χ0v) is 27.3. The molecule has 0 bridgehead atoms. The first-order valence-electron chi connectivity index (χ1n) is 15.9. The van der Waals surface area contributed by atoms with Crippen molar-refractivity contribution in [1.82, 2.24) is 35.1 Å². The number of rotatable bonds is 16. The highest BCUT2D eigenvalue weighted by Crippen LogP contribution is 2.30. The normalized spacial score (nSPS) is 14.2. The van der Waals surface area contributed by atoms with Crippen LogP contribution in [0.1, 0.15) is 62.5 Å². The van der Waals surface area contributed by atoms with E-state index in [1.807, 2.05) is 53.1 Å². The van der Waals surface area contributed by atoms with Gasteiger partial charge in [0.05, 0.1) is 18.9 Å². The molecule has 0 aliphatic carbocycles. The van der Waals surface area contributed by atoms with Crippen molar-refractivity contribution in [3.8, 4) is 22.5 Å². The lowest BCUT2D eigenvalue weighted by molar-refractivity contribution is -0.757. The summed E-state index contributed by atoms with van der Waals surface area (Å²) in [5.74, 6) is 0.845. The van der Waals surface area contributed by atoms with Gasteiger partial charge in [-0.2, -0.15) is 0 Å². The number of aromatic nitrogens is 6. The first-order valence-corrected chi connectivity index (χ1v) is 16.3. The molecule has 2 aromatic heterocycles. The number of aromatic amines is 1. The van der Waals surface area contributed by atoms with Gasteiger partial charge >= 0.3 is 12.1 Å². The number of nitrogens with one attached hydrogen (secondary N) is 1. The van der Waals surface area contributed by atoms with Gasteiger partial charge in [0.25, 0.3) is 5.09 Å². The molecule has 254 valence electrons. The van der Waals surface area contributed by atoms with Gasteiger partial charge in [0.2, 0.25) is 0 Å². The molecule has 0 spiro atoms. The molecule has 48 heavy (non-hydrogen) atoms. The molecular formula is C32H37ClN8O7. The van der Waals surface area contributed by atoms with Crippen molar-refractivity contribution < 1.29 is 29.0 Å². The van der Waals surface area contributed by atoms with E-state index in [4.69, 9.17) is 21.1 Å². The summed E-state index contributed by atoms with van der Waals surface area (Å²) in [6, 6.07) is 15.2. The van der Waals surface area contributed by atoms with E-state index in [0.717, 1.165) is 40.9 Å². The monoisotopic (exact) mass is 680 g/mol. The molecule has 5 rings (SSSR count). The minimum atomic E-state index is -0.862. The molecule has 15 nitrogen and oxygen atoms in total. The van der Waals surface area contributed by atoms with Gasteiger partial charge in [0.1, 0.15) is 18.5 Å². The lowest BCUT2D eigenvalue weighted by atomic mass is 9.98. The molecule has 1 aliphatic heterocycles. The van der Waals surface area contributed by atoms with E-state index in [9.17, 15) is 19.7 Å². The van der Waals surface area contributed by atoms with Crippen molar-refractivity contribution >= 4 is 23.7 Å². The van der Waals surface area contributed by atoms with Gasteiger partial charge in [-0.1, -0.05) is 73.5 Å². The molecule has 1 saturated heterocycles. The molecule has 1 aliphatic rings. The van der Waals surface area contributed by atoms with E-state index < -0.39 is 23.2 Å². The largest absolute Gasteiger partial charge is 0.464 e. The number of amides is 1. The Bertz CT molecular complexity index is 1680. The average molecular weight is 681 g/mol. The van der Waals surface area contributed by atoms with Crippen molar-refractivity contribution in [3.63, 3.8) is 0 Å². The second kappa shape index (κ2) is 16.7. The summed E-state index contributed by atoms with van der Waals surface area (Å²) in [4.78, 5) is 46.4. The zero-order chi connectivity index (χ0) is 33.9. The highest BCUT2D eigenvalue weighted by Gasteiger charge is 2.36. The molecule has 1 fully saturated rings. The summed E-state index contributed by atoms with van der Waals surface area (Å²) >= 11 is 6.62. The number of unbranched alkanes of at least 4 members (excludes halogenated alkanes) is 2. The minimum absolute atomic E-state index is 0.0705. The summed E-state index contributed by atoms with van der Waals surface area (Å²) in [7, 11) is 0. The second-order valence-electron chi connectivity index (χ2n) is 11.3. The number of hydrogen-bond acceptors (Lipinski definition) is 11. The summed E-state index contributed by atoms with van der Waals surface area (Å²) in [5, 5.41) is 23.9. The molecule has 0 saturated carbocycles. The van der Waals surface area contributed by atoms with Gasteiger partial charge in [-0.3, -0.25) is 4.90 Å². The van der Waals surface area contributed by atoms with Crippen LogP contribution in [0.5, 0.6) is 0 Å². The number of hydrogen-bond donors (Lipinski definition) is 1. The van der Waals surface area contributed by atoms with Gasteiger partial charge in [-0.25, -0.2) is 19.7 Å². The van der Waals surface area contributed by atoms with Gasteiger partial charge in [-0.05, 0) is 59.2 Å². The fourth-order valence-electron chi connectivity index (χ4n) is 5.60. The standard InChI is InChI=1S/C32H37ClN8O7/c1-2-3-12-28-34-29(33)27(21-47-32(43)39-17-8-11-26(39)31(42)46-18-6-7-19-48-41(44)45)40(28)20-22-13-15-23(16-14-22)24-9-4-5-10-25(24)30-35-37-38-36-30/h4-5,9-10,13-16,26H,2-3,6-8,11-12,17-21H2,1H3,(H,35,36,37,38). The molecule has 16 heteroatoms. The van der Waals surface area contributed by atoms with E-state index in [1.165, 1.54) is 4.90 Å². The fraction of sp³-hybridized carbons (Fsp3) is 0.438. The van der Waals surface area contributed by atoms with E-state index in [2.05, 4.69) is 37.4 Å². The second-order valence-corrected chi connectivity index (χ2v) is 11.6. The van der Waals surface area contributed by atoms with E-state index in [1.54, 1.807) is 0 Å². The molecule has 1 atom stereocenters. The Kier molecular flexibility index (Phi) is 11.9. The van der Waals surface area contributed by atoms with Crippen molar-refractivity contribution in [1.29, 1.82) is 0 Å². The first-order chi connectivity index (χ1) is 23.4. The number of halogens is 1. The third-order valence-electron chi connectivity index (χ3n) is 8.06. The number of imidazole rings is 1. The maximum atomic E-state index is 13.2. The van der Waals surface area contributed by atoms with Crippen molar-refractivity contribution in [3.05, 3.63) is 80.9 Å². The number of H-pyrrole nitrogens is 1. The smallest absolute Gasteiger partial charge is 0.410 e. The van der Waals surface area contributed by atoms with E-state index in [0.29, 0.717) is 56.7 Å². The number of aryl methyl sites for hydroxylation is 1. The summed E-state index contributed by atoms with van der Waals surface area (Å²) in [5.41, 5.74) is 4.44. The zero-order valence-electron chi connectivity index (χ0n) is 26.5. The first kappa shape index (κ1) is 34.3. The number of esters is 1. The number of carbonyl (C=O) groups is 2. The maximum absolute atomic E-state index is 13.2. The van der Waals surface area contributed by atoms with Gasteiger partial charge in [-0.15, -0.1) is 15.2 Å². The highest BCUT2D eigenvalue weighted by atomic mass is 35.5. The predicted octanol–water partition coefficient (Wildman–Crippen LogP) is 5.41. The van der Waals surface area contributed by atoms with Crippen LogP contribution in [0.15, 0.2) is 48.5 Å². The SMILES string of the molecule is CCCCc1nc(Cl)c(COC(=O)N2CCCC2C(=O)OCCCCO[N+](=O)[O-])n1Cc1ccc(-c2ccccc2-c2nnn[nH]2)cc1. The van der Waals surface area contributed by atoms with Gasteiger partial charge in [0.15, 0.2) is 11.0 Å². The quantitative estimate of drug-likeness (QED) is 0.0692. The summed E-state index contributed by atoms with van der Waals surface area (Å²) in [6.07, 6.45) is 3.79. The molecule has 0 radical (unpaired) electrons. The van der Waals surface area contributed by atoms with Crippen molar-refractivity contribution in [2.75, 3.05) is 19.8 Å². The van der Waals surface area contributed by atoms with Crippen LogP contribution < -0.4 is 0 Å². The molecule has 4 aromatic rings. The number of carbonyl (C=O) groups excluding carboxylic acids is 2. The number of likely N-dealkylation sites (tertiary alicyclic amines) is 1. The maximum Gasteiger partial charge on any atom is 0.410 e. The predicted molar refractivity (Wildman–Crippen MR) is 173 cm³/mol. The van der Waals surface area contributed by atoms with E-state index in [-0.39, 0.29) is 25.0 Å². The summed E-state index contributed by atoms with van der Waals surface area (Å²) < 4.78 is 13.0. The van der Waals surface area contributed by atoms with Gasteiger partial charge in [0, 0.05) is 25.1 Å². The van der Waals surface area contributed by atoms with Crippen LogP contribution in [-0.4, -0.2) is 78.0 Å². The van der Waals surface area contributed by atoms with Crippen LogP contribution >= 0.6 is 11.6 Å². The fourth-order valence-corrected chi connectivity index (χ4v) is 5.85. The Balaban J connectivity index is 1.24. The molecule has 3 heterocycles. The minimum Gasteiger partial charge on any atom is -0.464 e. The Morgan fingerprint density at radius 2 is 1.83 bits per heavy atom. The van der Waals surface area contributed by atoms with Crippen LogP contribution in [0.4, 0.5) is 4.79 Å². The topological polar surface area (TPSA) is 180 Å². The van der Waals surface area contributed by atoms with Crippen LogP contribution in [-0.2, 0) is 38.7 Å². The number of benzene rings is 2. The lowest BCUT2D eigenvalue weighted by Crippen LogP contribution is -2.41. The van der Waals surface area contributed by atoms with Crippen LogP contribution in [0.3, 0.4) is 0 Å². The number of tetrazole rings is 1. The van der Waals surface area contributed by atoms with Gasteiger partial charge < -0.3 is 18.9 Å². The molecular weight excluding hydrogens is 644 g/mol. The van der Waals surface area contributed by atoms with Crippen LogP contribution in [0.25, 0.3) is 22.5 Å². The van der Waals surface area contributed by atoms with Crippen LogP contribution in [0.2, 0.25) is 5.15 Å². The molecule has 2 aromatic carbocycles. The third-order valence-corrected chi connectivity index (χ3v) is 8.36. The molecule has 1 N–H and O–H groups in total. The Morgan fingerprint density at radius 3 is 2.56 bits per heavy atom. The van der Waals surface area contributed by atoms with Crippen molar-refractivity contribution in [2.45, 2.75) is 71.1 Å². The molecule has 1 unspecified atom stereocenters. The molecule has 1 amide bonds. The Morgan fingerprint density at radius 1 is 1.06 bits per heavy atom. The average Bonchev–Trinajstić information content (AvgIpc) is 3.86. The Labute approximate surface area is 281 Å².